The molecule has 0 spiro atoms. The SMILES string of the molecule is C=c1[nH]c(=O)/c(=C\c2ccc(OCCOc3c(-c4ccc(F)cc4)n(C)c4ccccc4c3=O)cc2)s1. The molecule has 0 amide bonds. The highest BCUT2D eigenvalue weighted by molar-refractivity contribution is 7.07. The van der Waals surface area contributed by atoms with Gasteiger partial charge in [0.1, 0.15) is 24.8 Å². The summed E-state index contributed by atoms with van der Waals surface area (Å²) in [6.07, 6.45) is 1.79. The van der Waals surface area contributed by atoms with Crippen molar-refractivity contribution in [2.24, 2.45) is 7.05 Å². The van der Waals surface area contributed by atoms with Gasteiger partial charge in [0.05, 0.1) is 20.4 Å². The zero-order chi connectivity index (χ0) is 25.9. The third-order valence-electron chi connectivity index (χ3n) is 5.87. The van der Waals surface area contributed by atoms with Crippen molar-refractivity contribution in [1.29, 1.82) is 0 Å². The van der Waals surface area contributed by atoms with Crippen LogP contribution in [-0.4, -0.2) is 22.8 Å². The fraction of sp³-hybridized carbons (Fsp3) is 0.103. The number of nitrogens with one attached hydrogen (secondary N) is 1. The quantitative estimate of drug-likeness (QED) is 0.336. The molecule has 0 saturated heterocycles. The standard InChI is InChI=1S/C29H23FN2O4S/c1-18-31-29(34)25(37-18)17-19-7-13-22(14-8-19)35-15-16-36-28-26(20-9-11-21(30)12-10-20)32(2)24-6-4-3-5-23(24)27(28)33/h3-14,17H,1,15-16H2,2H3,(H,31,34)/b25-17+. The molecule has 0 aliphatic heterocycles. The fourth-order valence-corrected chi connectivity index (χ4v) is 4.88. The van der Waals surface area contributed by atoms with Gasteiger partial charge < -0.3 is 19.0 Å². The Morgan fingerprint density at radius 3 is 2.38 bits per heavy atom. The molecule has 5 aromatic rings. The second-order valence-corrected chi connectivity index (χ2v) is 9.48. The Labute approximate surface area is 215 Å². The molecule has 2 aromatic heterocycles. The highest BCUT2D eigenvalue weighted by atomic mass is 32.1. The predicted molar refractivity (Wildman–Crippen MR) is 145 cm³/mol. The summed E-state index contributed by atoms with van der Waals surface area (Å²) in [5.74, 6) is 0.458. The summed E-state index contributed by atoms with van der Waals surface area (Å²) >= 11 is 1.30. The third kappa shape index (κ3) is 5.10. The number of fused-ring (bicyclic) bond motifs is 1. The lowest BCUT2D eigenvalue weighted by molar-refractivity contribution is 0.216. The van der Waals surface area contributed by atoms with Gasteiger partial charge in [0, 0.05) is 18.0 Å². The molecule has 0 fully saturated rings. The zero-order valence-corrected chi connectivity index (χ0v) is 20.8. The molecule has 0 aliphatic carbocycles. The van der Waals surface area contributed by atoms with Crippen molar-refractivity contribution >= 4 is 34.9 Å². The van der Waals surface area contributed by atoms with Gasteiger partial charge in [-0.25, -0.2) is 4.39 Å². The van der Waals surface area contributed by atoms with E-state index in [1.54, 1.807) is 36.4 Å². The smallest absolute Gasteiger partial charge is 0.266 e. The molecule has 6 nitrogen and oxygen atoms in total. The highest BCUT2D eigenvalue weighted by Crippen LogP contribution is 2.30. The Morgan fingerprint density at radius 2 is 1.68 bits per heavy atom. The van der Waals surface area contributed by atoms with Crippen molar-refractivity contribution in [3.8, 4) is 22.8 Å². The van der Waals surface area contributed by atoms with Gasteiger partial charge in [0.25, 0.3) is 5.56 Å². The van der Waals surface area contributed by atoms with Crippen molar-refractivity contribution in [1.82, 2.24) is 9.55 Å². The zero-order valence-electron chi connectivity index (χ0n) is 20.0. The summed E-state index contributed by atoms with van der Waals surface area (Å²) < 4.78 is 28.4. The van der Waals surface area contributed by atoms with Crippen LogP contribution in [0.4, 0.5) is 4.39 Å². The van der Waals surface area contributed by atoms with E-state index in [1.807, 2.05) is 41.9 Å². The number of hydrogen-bond donors (Lipinski definition) is 1. The maximum absolute atomic E-state index is 13.6. The normalized spacial score (nSPS) is 11.7. The van der Waals surface area contributed by atoms with Crippen molar-refractivity contribution in [2.75, 3.05) is 13.2 Å². The van der Waals surface area contributed by atoms with Crippen LogP contribution >= 0.6 is 11.3 Å². The van der Waals surface area contributed by atoms with Crippen LogP contribution in [0.1, 0.15) is 5.56 Å². The number of benzene rings is 3. The molecular weight excluding hydrogens is 491 g/mol. The molecule has 0 unspecified atom stereocenters. The molecule has 0 radical (unpaired) electrons. The van der Waals surface area contributed by atoms with E-state index in [1.165, 1.54) is 23.5 Å². The molecule has 5 rings (SSSR count). The van der Waals surface area contributed by atoms with Gasteiger partial charge in [-0.3, -0.25) is 9.59 Å². The first kappa shape index (κ1) is 24.3. The van der Waals surface area contributed by atoms with Crippen LogP contribution < -0.4 is 29.7 Å². The number of nitrogens with zero attached hydrogens (tertiary/aromatic N) is 1. The van der Waals surface area contributed by atoms with E-state index in [9.17, 15) is 14.0 Å². The third-order valence-corrected chi connectivity index (χ3v) is 6.74. The first-order valence-corrected chi connectivity index (χ1v) is 12.4. The van der Waals surface area contributed by atoms with Gasteiger partial charge in [0.2, 0.25) is 5.43 Å². The number of rotatable bonds is 7. The summed E-state index contributed by atoms with van der Waals surface area (Å²) in [6.45, 7) is 4.08. The van der Waals surface area contributed by atoms with E-state index < -0.39 is 0 Å². The van der Waals surface area contributed by atoms with Gasteiger partial charge in [-0.15, -0.1) is 11.3 Å². The van der Waals surface area contributed by atoms with Crippen molar-refractivity contribution in [3.05, 3.63) is 114 Å². The molecule has 0 atom stereocenters. The van der Waals surface area contributed by atoms with E-state index in [0.717, 1.165) is 11.1 Å². The molecule has 0 bridgehead atoms. The minimum Gasteiger partial charge on any atom is -0.490 e. The first-order chi connectivity index (χ1) is 17.9. The van der Waals surface area contributed by atoms with E-state index in [0.29, 0.717) is 31.6 Å². The lowest BCUT2D eigenvalue weighted by Crippen LogP contribution is -2.19. The van der Waals surface area contributed by atoms with E-state index in [2.05, 4.69) is 11.6 Å². The predicted octanol–water partition coefficient (Wildman–Crippen LogP) is 3.79. The Balaban J connectivity index is 1.35. The van der Waals surface area contributed by atoms with Crippen molar-refractivity contribution in [3.63, 3.8) is 0 Å². The second kappa shape index (κ2) is 10.3. The van der Waals surface area contributed by atoms with E-state index in [-0.39, 0.29) is 35.8 Å². The van der Waals surface area contributed by atoms with Crippen LogP contribution in [0.3, 0.4) is 0 Å². The molecular formula is C29H23FN2O4S. The molecule has 186 valence electrons. The monoisotopic (exact) mass is 514 g/mol. The van der Waals surface area contributed by atoms with Crippen molar-refractivity contribution < 1.29 is 13.9 Å². The Bertz CT molecular complexity index is 1800. The largest absolute Gasteiger partial charge is 0.490 e. The van der Waals surface area contributed by atoms with Gasteiger partial charge in [-0.05, 0) is 60.2 Å². The van der Waals surface area contributed by atoms with Gasteiger partial charge in [-0.2, -0.15) is 0 Å². The maximum atomic E-state index is 13.6. The van der Waals surface area contributed by atoms with E-state index in [4.69, 9.17) is 9.47 Å². The average molecular weight is 515 g/mol. The number of aryl methyl sites for hydroxylation is 1. The first-order valence-electron chi connectivity index (χ1n) is 11.5. The Morgan fingerprint density at radius 1 is 0.973 bits per heavy atom. The van der Waals surface area contributed by atoms with Gasteiger partial charge in [0.15, 0.2) is 5.75 Å². The number of para-hydroxylation sites is 1. The number of aromatic nitrogens is 2. The molecule has 0 aliphatic rings. The lowest BCUT2D eigenvalue weighted by Gasteiger charge is -2.18. The van der Waals surface area contributed by atoms with Crippen molar-refractivity contribution in [2.45, 2.75) is 0 Å². The average Bonchev–Trinajstić information content (AvgIpc) is 3.22. The summed E-state index contributed by atoms with van der Waals surface area (Å²) in [6, 6.07) is 20.6. The molecule has 1 N–H and O–H groups in total. The number of halogens is 1. The number of hydrogen-bond acceptors (Lipinski definition) is 5. The molecule has 8 heteroatoms. The summed E-state index contributed by atoms with van der Waals surface area (Å²) in [5, 5.41) is 0.536. The van der Waals surface area contributed by atoms with Crippen LogP contribution in [0.5, 0.6) is 11.5 Å². The second-order valence-electron chi connectivity index (χ2n) is 8.34. The molecule has 2 heterocycles. The number of thiazole rings is 1. The molecule has 0 saturated carbocycles. The summed E-state index contributed by atoms with van der Waals surface area (Å²) in [7, 11) is 1.85. The minimum atomic E-state index is -0.358. The van der Waals surface area contributed by atoms with Crippen LogP contribution in [0.25, 0.3) is 34.8 Å². The number of H-pyrrole nitrogens is 1. The molecule has 3 aromatic carbocycles. The summed E-state index contributed by atoms with van der Waals surface area (Å²) in [5.41, 5.74) is 2.46. The number of ether oxygens (including phenoxy) is 2. The highest BCUT2D eigenvalue weighted by Gasteiger charge is 2.18. The Hall–Kier alpha value is -4.43. The van der Waals surface area contributed by atoms with Crippen LogP contribution in [0.15, 0.2) is 82.4 Å². The van der Waals surface area contributed by atoms with Gasteiger partial charge >= 0.3 is 0 Å². The van der Waals surface area contributed by atoms with E-state index >= 15 is 0 Å². The van der Waals surface area contributed by atoms with Crippen LogP contribution in [0, 0.1) is 5.82 Å². The van der Waals surface area contributed by atoms with Gasteiger partial charge in [-0.1, -0.05) is 30.8 Å². The maximum Gasteiger partial charge on any atom is 0.266 e. The lowest BCUT2D eigenvalue weighted by atomic mass is 10.1. The Kier molecular flexibility index (Phi) is 6.74. The summed E-state index contributed by atoms with van der Waals surface area (Å²) in [4.78, 5) is 27.9. The fourth-order valence-electron chi connectivity index (χ4n) is 4.13. The minimum absolute atomic E-state index is 0.131. The molecule has 37 heavy (non-hydrogen) atoms. The van der Waals surface area contributed by atoms with Crippen LogP contribution in [-0.2, 0) is 7.05 Å². The topological polar surface area (TPSA) is 73.3 Å². The van der Waals surface area contributed by atoms with Crippen LogP contribution in [0.2, 0.25) is 0 Å². The number of aromatic amines is 1. The number of pyridine rings is 1.